The van der Waals surface area contributed by atoms with Crippen LogP contribution in [-0.2, 0) is 4.79 Å². The number of carbonyl (C=O) groups excluding carboxylic acids is 1. The maximum absolute atomic E-state index is 13.1. The van der Waals surface area contributed by atoms with E-state index in [-0.39, 0.29) is 30.1 Å². The van der Waals surface area contributed by atoms with Crippen LogP contribution in [0.5, 0.6) is 0 Å². The molecule has 1 amide bonds. The van der Waals surface area contributed by atoms with Crippen molar-refractivity contribution in [1.82, 2.24) is 4.90 Å². The van der Waals surface area contributed by atoms with Crippen molar-refractivity contribution in [3.8, 4) is 0 Å². The monoisotopic (exact) mass is 350 g/mol. The van der Waals surface area contributed by atoms with E-state index in [0.717, 1.165) is 31.5 Å². The van der Waals surface area contributed by atoms with E-state index in [1.807, 2.05) is 4.90 Å². The molecule has 0 aromatic heterocycles. The Morgan fingerprint density at radius 2 is 2.14 bits per heavy atom. The first kappa shape index (κ1) is 19.2. The minimum atomic E-state index is -0.890. The van der Waals surface area contributed by atoms with E-state index in [2.05, 4.69) is 6.92 Å². The zero-order valence-electron chi connectivity index (χ0n) is 12.4. The van der Waals surface area contributed by atoms with Crippen molar-refractivity contribution < 1.29 is 13.6 Å². The highest BCUT2D eigenvalue weighted by molar-refractivity contribution is 8.00. The summed E-state index contributed by atoms with van der Waals surface area (Å²) in [7, 11) is 0. The highest BCUT2D eigenvalue weighted by Gasteiger charge is 2.28. The highest BCUT2D eigenvalue weighted by atomic mass is 35.5. The van der Waals surface area contributed by atoms with E-state index in [4.69, 9.17) is 5.73 Å². The molecule has 2 N–H and O–H groups in total. The van der Waals surface area contributed by atoms with E-state index in [1.165, 1.54) is 17.8 Å². The largest absolute Gasteiger partial charge is 0.338 e. The van der Waals surface area contributed by atoms with Crippen LogP contribution in [0.1, 0.15) is 19.8 Å². The topological polar surface area (TPSA) is 46.3 Å². The lowest BCUT2D eigenvalue weighted by Gasteiger charge is -2.38. The quantitative estimate of drug-likeness (QED) is 0.849. The van der Waals surface area contributed by atoms with Gasteiger partial charge in [-0.3, -0.25) is 4.79 Å². The van der Waals surface area contributed by atoms with Gasteiger partial charge < -0.3 is 10.6 Å². The first-order valence-electron chi connectivity index (χ1n) is 7.08. The molecular formula is C15H21ClF2N2OS. The van der Waals surface area contributed by atoms with Gasteiger partial charge in [-0.05, 0) is 37.0 Å². The standard InChI is InChI=1S/C15H20F2N2OS.ClH/c1-10-4-5-19(11(6-10)8-18)15(20)9-21-12-2-3-13(16)14(17)7-12;/h2-3,7,10-11H,4-6,8-9,18H2,1H3;1H. The Morgan fingerprint density at radius 1 is 1.41 bits per heavy atom. The van der Waals surface area contributed by atoms with Gasteiger partial charge in [-0.1, -0.05) is 6.92 Å². The minimum Gasteiger partial charge on any atom is -0.338 e. The molecule has 1 aliphatic rings. The number of hydrogen-bond acceptors (Lipinski definition) is 3. The minimum absolute atomic E-state index is 0. The Balaban J connectivity index is 0.00000242. The second-order valence-electron chi connectivity index (χ2n) is 5.47. The maximum atomic E-state index is 13.1. The van der Waals surface area contributed by atoms with Crippen LogP contribution >= 0.6 is 24.2 Å². The van der Waals surface area contributed by atoms with Gasteiger partial charge >= 0.3 is 0 Å². The van der Waals surface area contributed by atoms with Gasteiger partial charge in [-0.25, -0.2) is 8.78 Å². The van der Waals surface area contributed by atoms with Crippen LogP contribution in [0.15, 0.2) is 23.1 Å². The maximum Gasteiger partial charge on any atom is 0.233 e. The molecule has 3 nitrogen and oxygen atoms in total. The van der Waals surface area contributed by atoms with Crippen LogP contribution in [0.3, 0.4) is 0 Å². The number of hydrogen-bond donors (Lipinski definition) is 1. The van der Waals surface area contributed by atoms with E-state index in [0.29, 0.717) is 17.4 Å². The first-order chi connectivity index (χ1) is 10.0. The molecule has 0 aliphatic carbocycles. The molecule has 124 valence electrons. The summed E-state index contributed by atoms with van der Waals surface area (Å²) in [6.45, 7) is 3.35. The van der Waals surface area contributed by atoms with Crippen molar-refractivity contribution >= 4 is 30.1 Å². The van der Waals surface area contributed by atoms with Gasteiger partial charge in [-0.15, -0.1) is 24.2 Å². The summed E-state index contributed by atoms with van der Waals surface area (Å²) in [5.74, 6) is -0.956. The predicted octanol–water partition coefficient (Wildman–Crippen LogP) is 3.06. The second kappa shape index (κ2) is 8.70. The summed E-state index contributed by atoms with van der Waals surface area (Å²) < 4.78 is 26.0. The van der Waals surface area contributed by atoms with Crippen molar-refractivity contribution in [2.24, 2.45) is 11.7 Å². The first-order valence-corrected chi connectivity index (χ1v) is 8.07. The molecule has 0 saturated carbocycles. The normalized spacial score (nSPS) is 21.4. The van der Waals surface area contributed by atoms with Crippen LogP contribution in [-0.4, -0.2) is 35.7 Å². The summed E-state index contributed by atoms with van der Waals surface area (Å²) in [4.78, 5) is 14.7. The number of amides is 1. The molecule has 22 heavy (non-hydrogen) atoms. The zero-order chi connectivity index (χ0) is 15.4. The number of nitrogens with two attached hydrogens (primary N) is 1. The number of carbonyl (C=O) groups is 1. The fraction of sp³-hybridized carbons (Fsp3) is 0.533. The Bertz CT molecular complexity index is 518. The van der Waals surface area contributed by atoms with Crippen molar-refractivity contribution in [3.63, 3.8) is 0 Å². The van der Waals surface area contributed by atoms with Gasteiger partial charge in [0.1, 0.15) is 0 Å². The molecule has 2 atom stereocenters. The number of rotatable bonds is 4. The van der Waals surface area contributed by atoms with Crippen LogP contribution in [0, 0.1) is 17.6 Å². The Hall–Kier alpha value is -0.850. The fourth-order valence-corrected chi connectivity index (χ4v) is 3.41. The van der Waals surface area contributed by atoms with E-state index >= 15 is 0 Å². The summed E-state index contributed by atoms with van der Waals surface area (Å²) in [5.41, 5.74) is 5.75. The van der Waals surface area contributed by atoms with Crippen molar-refractivity contribution in [2.45, 2.75) is 30.7 Å². The summed E-state index contributed by atoms with van der Waals surface area (Å²) in [6.07, 6.45) is 1.91. The molecule has 2 rings (SSSR count). The van der Waals surface area contributed by atoms with Gasteiger partial charge in [0, 0.05) is 24.0 Å². The average Bonchev–Trinajstić information content (AvgIpc) is 2.48. The molecule has 1 aromatic rings. The smallest absolute Gasteiger partial charge is 0.233 e. The summed E-state index contributed by atoms with van der Waals surface area (Å²) in [6, 6.07) is 3.76. The van der Waals surface area contributed by atoms with Crippen molar-refractivity contribution in [3.05, 3.63) is 29.8 Å². The van der Waals surface area contributed by atoms with Crippen LogP contribution in [0.25, 0.3) is 0 Å². The fourth-order valence-electron chi connectivity index (χ4n) is 2.60. The van der Waals surface area contributed by atoms with Crippen LogP contribution in [0.2, 0.25) is 0 Å². The Kier molecular flexibility index (Phi) is 7.59. The number of likely N-dealkylation sites (tertiary alicyclic amines) is 1. The lowest BCUT2D eigenvalue weighted by Crippen LogP contribution is -2.49. The lowest BCUT2D eigenvalue weighted by molar-refractivity contribution is -0.132. The van der Waals surface area contributed by atoms with Gasteiger partial charge in [0.05, 0.1) is 5.75 Å². The van der Waals surface area contributed by atoms with E-state index in [1.54, 1.807) is 0 Å². The molecule has 1 fully saturated rings. The Morgan fingerprint density at radius 3 is 2.77 bits per heavy atom. The molecule has 0 bridgehead atoms. The summed E-state index contributed by atoms with van der Waals surface area (Å²) >= 11 is 1.22. The number of nitrogens with zero attached hydrogens (tertiary/aromatic N) is 1. The number of benzene rings is 1. The third-order valence-electron chi connectivity index (χ3n) is 3.82. The molecule has 0 spiro atoms. The van der Waals surface area contributed by atoms with Crippen molar-refractivity contribution in [1.29, 1.82) is 0 Å². The molecule has 7 heteroatoms. The highest BCUT2D eigenvalue weighted by Crippen LogP contribution is 2.25. The molecule has 2 unspecified atom stereocenters. The average molecular weight is 351 g/mol. The third-order valence-corrected chi connectivity index (χ3v) is 4.80. The second-order valence-corrected chi connectivity index (χ2v) is 6.52. The molecule has 0 radical (unpaired) electrons. The van der Waals surface area contributed by atoms with Crippen LogP contribution < -0.4 is 5.73 Å². The van der Waals surface area contributed by atoms with Gasteiger partial charge in [0.2, 0.25) is 5.91 Å². The number of piperidine rings is 1. The number of thioether (sulfide) groups is 1. The zero-order valence-corrected chi connectivity index (χ0v) is 14.1. The van der Waals surface area contributed by atoms with Crippen molar-refractivity contribution in [2.75, 3.05) is 18.8 Å². The molecule has 1 aromatic carbocycles. The molecule has 1 saturated heterocycles. The SMILES string of the molecule is CC1CCN(C(=O)CSc2ccc(F)c(F)c2)C(CN)C1.Cl. The van der Waals surface area contributed by atoms with Gasteiger partial charge in [-0.2, -0.15) is 0 Å². The molecule has 1 aliphatic heterocycles. The number of halogens is 3. The van der Waals surface area contributed by atoms with Crippen LogP contribution in [0.4, 0.5) is 8.78 Å². The van der Waals surface area contributed by atoms with E-state index in [9.17, 15) is 13.6 Å². The Labute approximate surface area is 140 Å². The summed E-state index contributed by atoms with van der Waals surface area (Å²) in [5, 5.41) is 0. The van der Waals surface area contributed by atoms with Gasteiger partial charge in [0.25, 0.3) is 0 Å². The van der Waals surface area contributed by atoms with Gasteiger partial charge in [0.15, 0.2) is 11.6 Å². The molecule has 1 heterocycles. The van der Waals surface area contributed by atoms with E-state index < -0.39 is 11.6 Å². The predicted molar refractivity (Wildman–Crippen MR) is 87.3 cm³/mol. The third kappa shape index (κ3) is 4.83. The molecular weight excluding hydrogens is 330 g/mol. The lowest BCUT2D eigenvalue weighted by atomic mass is 9.92.